The Kier molecular flexibility index (Phi) is 4.82. The van der Waals surface area contributed by atoms with E-state index in [9.17, 15) is 28.1 Å². The number of hydrogen-bond donors (Lipinski definition) is 1. The number of alkyl halides is 3. The molecule has 0 spiro atoms. The van der Waals surface area contributed by atoms with Crippen molar-refractivity contribution in [3.63, 3.8) is 0 Å². The number of amides is 1. The topological polar surface area (TPSA) is 92.9 Å². The summed E-state index contributed by atoms with van der Waals surface area (Å²) in [6.45, 7) is 0. The Labute approximate surface area is 139 Å². The van der Waals surface area contributed by atoms with Crippen LogP contribution in [0.1, 0.15) is 5.56 Å². The third-order valence-corrected chi connectivity index (χ3v) is 3.19. The van der Waals surface area contributed by atoms with Crippen LogP contribution in [0, 0.1) is 10.1 Å². The number of halogens is 3. The summed E-state index contributed by atoms with van der Waals surface area (Å²) < 4.78 is 43.4. The minimum Gasteiger partial charge on any atom is -0.465 e. The Hall–Kier alpha value is -3.30. The molecule has 132 valence electrons. The third kappa shape index (κ3) is 4.16. The molecule has 0 bridgehead atoms. The molecule has 1 N–H and O–H groups in total. The van der Waals surface area contributed by atoms with E-state index in [1.54, 1.807) is 0 Å². The van der Waals surface area contributed by atoms with Gasteiger partial charge in [-0.05, 0) is 24.3 Å². The van der Waals surface area contributed by atoms with Gasteiger partial charge in [-0.25, -0.2) is 4.79 Å². The van der Waals surface area contributed by atoms with Gasteiger partial charge in [-0.3, -0.25) is 15.0 Å². The molecule has 2 aromatic rings. The van der Waals surface area contributed by atoms with Gasteiger partial charge in [0.25, 0.3) is 5.69 Å². The smallest absolute Gasteiger partial charge is 0.416 e. The fourth-order valence-electron chi connectivity index (χ4n) is 1.96. The molecule has 0 aliphatic carbocycles. The predicted octanol–water partition coefficient (Wildman–Crippen LogP) is 4.52. The molecule has 0 aliphatic heterocycles. The molecule has 0 fully saturated rings. The zero-order chi connectivity index (χ0) is 18.8. The zero-order valence-electron chi connectivity index (χ0n) is 12.6. The van der Waals surface area contributed by atoms with Crippen LogP contribution in [-0.2, 0) is 6.18 Å². The highest BCUT2D eigenvalue weighted by Crippen LogP contribution is 2.35. The molecule has 0 heterocycles. The van der Waals surface area contributed by atoms with Crippen molar-refractivity contribution < 1.29 is 32.7 Å². The zero-order valence-corrected chi connectivity index (χ0v) is 12.6. The summed E-state index contributed by atoms with van der Waals surface area (Å²) in [6, 6.07) is 7.29. The first-order chi connectivity index (χ1) is 11.6. The van der Waals surface area contributed by atoms with E-state index in [1.165, 1.54) is 6.07 Å². The van der Waals surface area contributed by atoms with E-state index in [4.69, 9.17) is 9.84 Å². The normalized spacial score (nSPS) is 11.0. The molecular formula is C15H11F3N2O5. The maximum atomic E-state index is 12.7. The fourth-order valence-corrected chi connectivity index (χ4v) is 1.96. The van der Waals surface area contributed by atoms with Gasteiger partial charge in [0, 0.05) is 19.2 Å². The maximum absolute atomic E-state index is 12.7. The summed E-state index contributed by atoms with van der Waals surface area (Å²) in [5.41, 5.74) is -1.68. The molecule has 0 atom stereocenters. The Bertz CT molecular complexity index is 823. The number of anilines is 1. The summed E-state index contributed by atoms with van der Waals surface area (Å²) in [6.07, 6.45) is -6.00. The van der Waals surface area contributed by atoms with Crippen LogP contribution in [0.25, 0.3) is 0 Å². The molecule has 2 aromatic carbocycles. The quantitative estimate of drug-likeness (QED) is 0.642. The highest BCUT2D eigenvalue weighted by Gasteiger charge is 2.30. The van der Waals surface area contributed by atoms with Crippen LogP contribution < -0.4 is 9.64 Å². The molecule has 7 nitrogen and oxygen atoms in total. The van der Waals surface area contributed by atoms with Gasteiger partial charge in [0.2, 0.25) is 0 Å². The van der Waals surface area contributed by atoms with Crippen molar-refractivity contribution in [2.24, 2.45) is 0 Å². The lowest BCUT2D eigenvalue weighted by Crippen LogP contribution is -2.24. The molecule has 0 saturated heterocycles. The van der Waals surface area contributed by atoms with Gasteiger partial charge in [-0.1, -0.05) is 6.07 Å². The van der Waals surface area contributed by atoms with Crippen LogP contribution in [0.3, 0.4) is 0 Å². The van der Waals surface area contributed by atoms with Crippen molar-refractivity contribution in [2.45, 2.75) is 6.18 Å². The Balaban J connectivity index is 2.39. The predicted molar refractivity (Wildman–Crippen MR) is 81.0 cm³/mol. The monoisotopic (exact) mass is 356 g/mol. The Morgan fingerprint density at radius 2 is 1.84 bits per heavy atom. The lowest BCUT2D eigenvalue weighted by atomic mass is 10.2. The Morgan fingerprint density at radius 3 is 2.40 bits per heavy atom. The van der Waals surface area contributed by atoms with E-state index in [0.717, 1.165) is 43.4 Å². The summed E-state index contributed by atoms with van der Waals surface area (Å²) in [5.74, 6) is -0.194. The van der Waals surface area contributed by atoms with E-state index in [1.807, 2.05) is 0 Å². The third-order valence-electron chi connectivity index (χ3n) is 3.19. The van der Waals surface area contributed by atoms with Gasteiger partial charge in [0.1, 0.15) is 17.2 Å². The largest absolute Gasteiger partial charge is 0.465 e. The number of nitrogens with zero attached hydrogens (tertiary/aromatic N) is 2. The van der Waals surface area contributed by atoms with Crippen LogP contribution in [0.15, 0.2) is 42.5 Å². The van der Waals surface area contributed by atoms with Crippen LogP contribution >= 0.6 is 0 Å². The highest BCUT2D eigenvalue weighted by molar-refractivity contribution is 5.89. The average molecular weight is 356 g/mol. The van der Waals surface area contributed by atoms with Crippen molar-refractivity contribution in [1.29, 1.82) is 0 Å². The van der Waals surface area contributed by atoms with E-state index in [0.29, 0.717) is 4.90 Å². The second-order valence-corrected chi connectivity index (χ2v) is 4.88. The van der Waals surface area contributed by atoms with E-state index < -0.39 is 28.4 Å². The van der Waals surface area contributed by atoms with Gasteiger partial charge >= 0.3 is 12.3 Å². The van der Waals surface area contributed by atoms with Gasteiger partial charge in [-0.2, -0.15) is 13.2 Å². The highest BCUT2D eigenvalue weighted by atomic mass is 19.4. The number of benzene rings is 2. The van der Waals surface area contributed by atoms with Gasteiger partial charge in [0.15, 0.2) is 0 Å². The van der Waals surface area contributed by atoms with Gasteiger partial charge < -0.3 is 9.84 Å². The SMILES string of the molecule is CN(C(=O)O)c1cc(Oc2cccc(C(F)(F)F)c2)ccc1[N+](=O)[O-]. The van der Waals surface area contributed by atoms with Gasteiger partial charge in [-0.15, -0.1) is 0 Å². The molecule has 10 heteroatoms. The summed E-state index contributed by atoms with van der Waals surface area (Å²) in [4.78, 5) is 21.9. The molecule has 0 aliphatic rings. The van der Waals surface area contributed by atoms with E-state index in [-0.39, 0.29) is 17.2 Å². The molecule has 2 rings (SSSR count). The van der Waals surface area contributed by atoms with Crippen LogP contribution in [0.5, 0.6) is 11.5 Å². The lowest BCUT2D eigenvalue weighted by molar-refractivity contribution is -0.384. The summed E-state index contributed by atoms with van der Waals surface area (Å²) in [7, 11) is 1.10. The number of nitro groups is 1. The first kappa shape index (κ1) is 18.0. The molecule has 25 heavy (non-hydrogen) atoms. The van der Waals surface area contributed by atoms with E-state index >= 15 is 0 Å². The van der Waals surface area contributed by atoms with Crippen molar-refractivity contribution in [2.75, 3.05) is 11.9 Å². The summed E-state index contributed by atoms with van der Waals surface area (Å²) >= 11 is 0. The second kappa shape index (κ2) is 6.67. The molecular weight excluding hydrogens is 345 g/mol. The number of ether oxygens (including phenoxy) is 1. The van der Waals surface area contributed by atoms with Gasteiger partial charge in [0.05, 0.1) is 10.5 Å². The van der Waals surface area contributed by atoms with E-state index in [2.05, 4.69) is 0 Å². The number of nitro benzene ring substituents is 1. The minimum atomic E-state index is -4.55. The van der Waals surface area contributed by atoms with Crippen molar-refractivity contribution >= 4 is 17.5 Å². The van der Waals surface area contributed by atoms with Crippen LogP contribution in [0.4, 0.5) is 29.3 Å². The molecule has 0 saturated carbocycles. The second-order valence-electron chi connectivity index (χ2n) is 4.88. The maximum Gasteiger partial charge on any atom is 0.416 e. The van der Waals surface area contributed by atoms with Crippen molar-refractivity contribution in [3.8, 4) is 11.5 Å². The molecule has 0 unspecified atom stereocenters. The van der Waals surface area contributed by atoms with Crippen molar-refractivity contribution in [1.82, 2.24) is 0 Å². The number of rotatable bonds is 4. The molecule has 0 aromatic heterocycles. The van der Waals surface area contributed by atoms with Crippen molar-refractivity contribution in [3.05, 3.63) is 58.1 Å². The van der Waals surface area contributed by atoms with Crippen LogP contribution in [-0.4, -0.2) is 23.2 Å². The lowest BCUT2D eigenvalue weighted by Gasteiger charge is -2.15. The summed E-state index contributed by atoms with van der Waals surface area (Å²) in [5, 5.41) is 20.0. The number of carbonyl (C=O) groups is 1. The first-order valence-corrected chi connectivity index (χ1v) is 6.70. The minimum absolute atomic E-state index is 0.0481. The number of carboxylic acid groups (broad SMARTS) is 1. The average Bonchev–Trinajstić information content (AvgIpc) is 2.53. The Morgan fingerprint density at radius 1 is 1.20 bits per heavy atom. The van der Waals surface area contributed by atoms with Crippen LogP contribution in [0.2, 0.25) is 0 Å². The fraction of sp³-hybridized carbons (Fsp3) is 0.133. The number of hydrogen-bond acceptors (Lipinski definition) is 4. The molecule has 1 amide bonds. The molecule has 0 radical (unpaired) electrons. The first-order valence-electron chi connectivity index (χ1n) is 6.70. The standard InChI is InChI=1S/C15H11F3N2O5/c1-19(14(21)22)13-8-11(5-6-12(13)20(23)24)25-10-4-2-3-9(7-10)15(16,17)18/h2-8H,1H3,(H,21,22).